The smallest absolute Gasteiger partial charge is 0.312 e. The van der Waals surface area contributed by atoms with Gasteiger partial charge in [-0.3, -0.25) is 14.4 Å². The van der Waals surface area contributed by atoms with E-state index >= 15 is 0 Å². The second kappa shape index (κ2) is 8.59. The Labute approximate surface area is 204 Å². The fourth-order valence-corrected chi connectivity index (χ4v) is 5.95. The lowest BCUT2D eigenvalue weighted by Crippen LogP contribution is -2.67. The summed E-state index contributed by atoms with van der Waals surface area (Å²) >= 11 is 0. The molecule has 2 aromatic rings. The number of esters is 1. The Morgan fingerprint density at radius 1 is 1.17 bits per heavy atom. The molecule has 3 aliphatic rings. The molecule has 184 valence electrons. The predicted molar refractivity (Wildman–Crippen MR) is 127 cm³/mol. The minimum Gasteiger partial charge on any atom is -0.497 e. The van der Waals surface area contributed by atoms with Crippen LogP contribution in [0.3, 0.4) is 0 Å². The number of piperazine rings is 1. The molecule has 3 heterocycles. The molecule has 8 nitrogen and oxygen atoms in total. The second-order valence-corrected chi connectivity index (χ2v) is 9.61. The first-order chi connectivity index (χ1) is 16.8. The standard InChI is InChI=1S/C27H30N2O6/c1-5-34-25(31)23-20-15-35-21-11-10-18(33-4)12-19(21)24(20)29-22(30)14-28(26(32)27(23,29)3)13-17-8-6-16(2)7-9-17/h6-12,20,23-24H,5,13-15H2,1-4H3/t20?,23?,24?,27-/m1/s1. The number of rotatable bonds is 5. The minimum absolute atomic E-state index is 0.0543. The van der Waals surface area contributed by atoms with Crippen molar-refractivity contribution in [3.8, 4) is 11.5 Å². The van der Waals surface area contributed by atoms with E-state index in [1.807, 2.05) is 37.3 Å². The van der Waals surface area contributed by atoms with E-state index in [1.54, 1.807) is 42.9 Å². The second-order valence-electron chi connectivity index (χ2n) is 9.61. The molecule has 2 fully saturated rings. The summed E-state index contributed by atoms with van der Waals surface area (Å²) in [6.07, 6.45) is 0. The summed E-state index contributed by atoms with van der Waals surface area (Å²) in [5.41, 5.74) is 1.39. The van der Waals surface area contributed by atoms with Gasteiger partial charge in [0.1, 0.15) is 23.6 Å². The van der Waals surface area contributed by atoms with Crippen LogP contribution in [-0.2, 0) is 25.7 Å². The summed E-state index contributed by atoms with van der Waals surface area (Å²) in [5, 5.41) is 0. The normalized spacial score (nSPS) is 27.0. The lowest BCUT2D eigenvalue weighted by Gasteiger charge is -2.47. The van der Waals surface area contributed by atoms with Crippen LogP contribution in [0.5, 0.6) is 11.5 Å². The summed E-state index contributed by atoms with van der Waals surface area (Å²) in [6.45, 7) is 6.06. The molecule has 0 spiro atoms. The van der Waals surface area contributed by atoms with Gasteiger partial charge < -0.3 is 24.0 Å². The highest BCUT2D eigenvalue weighted by Crippen LogP contribution is 2.57. The molecule has 4 atom stereocenters. The van der Waals surface area contributed by atoms with E-state index in [9.17, 15) is 14.4 Å². The summed E-state index contributed by atoms with van der Waals surface area (Å²) in [6, 6.07) is 12.8. The molecule has 2 aromatic carbocycles. The van der Waals surface area contributed by atoms with Crippen molar-refractivity contribution in [2.45, 2.75) is 38.9 Å². The quantitative estimate of drug-likeness (QED) is 0.615. The van der Waals surface area contributed by atoms with Crippen LogP contribution < -0.4 is 9.47 Å². The van der Waals surface area contributed by atoms with Gasteiger partial charge in [0.25, 0.3) is 0 Å². The van der Waals surface area contributed by atoms with Crippen molar-refractivity contribution < 1.29 is 28.6 Å². The van der Waals surface area contributed by atoms with Gasteiger partial charge in [-0.25, -0.2) is 0 Å². The number of benzene rings is 2. The molecular formula is C27H30N2O6. The Balaban J connectivity index is 1.59. The van der Waals surface area contributed by atoms with Crippen LogP contribution in [0.15, 0.2) is 42.5 Å². The third kappa shape index (κ3) is 3.54. The summed E-state index contributed by atoms with van der Waals surface area (Å²) < 4.78 is 16.9. The van der Waals surface area contributed by atoms with E-state index in [1.165, 1.54) is 0 Å². The molecule has 0 saturated carbocycles. The van der Waals surface area contributed by atoms with Crippen molar-refractivity contribution >= 4 is 17.8 Å². The predicted octanol–water partition coefficient (Wildman–Crippen LogP) is 2.88. The van der Waals surface area contributed by atoms with Crippen molar-refractivity contribution in [2.75, 3.05) is 26.9 Å². The molecule has 3 aliphatic heterocycles. The van der Waals surface area contributed by atoms with Crippen molar-refractivity contribution in [2.24, 2.45) is 11.8 Å². The molecule has 5 rings (SSSR count). The van der Waals surface area contributed by atoms with Gasteiger partial charge in [0.15, 0.2) is 0 Å². The van der Waals surface area contributed by atoms with Crippen LogP contribution in [0.25, 0.3) is 0 Å². The number of hydrogen-bond donors (Lipinski definition) is 0. The maximum absolute atomic E-state index is 14.1. The highest BCUT2D eigenvalue weighted by Gasteiger charge is 2.69. The molecule has 0 aromatic heterocycles. The Morgan fingerprint density at radius 3 is 2.60 bits per heavy atom. The molecular weight excluding hydrogens is 448 g/mol. The molecule has 3 unspecified atom stereocenters. The highest BCUT2D eigenvalue weighted by atomic mass is 16.5. The average Bonchev–Trinajstić information content (AvgIpc) is 3.14. The summed E-state index contributed by atoms with van der Waals surface area (Å²) in [4.78, 5) is 44.4. The third-order valence-corrected chi connectivity index (χ3v) is 7.53. The lowest BCUT2D eigenvalue weighted by atomic mass is 9.77. The number of methoxy groups -OCH3 is 1. The number of aryl methyl sites for hydroxylation is 1. The number of amides is 2. The van der Waals surface area contributed by atoms with E-state index in [4.69, 9.17) is 14.2 Å². The molecule has 2 saturated heterocycles. The third-order valence-electron chi connectivity index (χ3n) is 7.53. The Morgan fingerprint density at radius 2 is 1.91 bits per heavy atom. The molecule has 8 heteroatoms. The zero-order valence-electron chi connectivity index (χ0n) is 20.4. The van der Waals surface area contributed by atoms with Crippen molar-refractivity contribution in [3.63, 3.8) is 0 Å². The van der Waals surface area contributed by atoms with Crippen LogP contribution in [0.1, 0.15) is 36.6 Å². The van der Waals surface area contributed by atoms with E-state index in [0.717, 1.165) is 16.7 Å². The Kier molecular flexibility index (Phi) is 5.69. The van der Waals surface area contributed by atoms with E-state index in [-0.39, 0.29) is 31.6 Å². The van der Waals surface area contributed by atoms with Gasteiger partial charge in [0.2, 0.25) is 11.8 Å². The topological polar surface area (TPSA) is 85.4 Å². The number of nitrogens with zero attached hydrogens (tertiary/aromatic N) is 2. The maximum atomic E-state index is 14.1. The van der Waals surface area contributed by atoms with Gasteiger partial charge in [0, 0.05) is 18.0 Å². The first-order valence-electron chi connectivity index (χ1n) is 11.9. The zero-order chi connectivity index (χ0) is 24.9. The fraction of sp³-hybridized carbons (Fsp3) is 0.444. The number of fused-ring (bicyclic) bond motifs is 5. The monoisotopic (exact) mass is 478 g/mol. The SMILES string of the molecule is CCOC(=O)C1C2COc3ccc(OC)cc3C2N2C(=O)CN(Cc3ccc(C)cc3)C(=O)[C@@]12C. The zero-order valence-corrected chi connectivity index (χ0v) is 20.4. The minimum atomic E-state index is -1.39. The highest BCUT2D eigenvalue weighted by molar-refractivity contribution is 6.02. The van der Waals surface area contributed by atoms with Crippen LogP contribution in [0, 0.1) is 18.8 Å². The number of ether oxygens (including phenoxy) is 3. The van der Waals surface area contributed by atoms with Crippen molar-refractivity contribution in [3.05, 3.63) is 59.2 Å². The van der Waals surface area contributed by atoms with Crippen LogP contribution in [0.4, 0.5) is 0 Å². The number of hydrogen-bond acceptors (Lipinski definition) is 6. The van der Waals surface area contributed by atoms with Crippen LogP contribution >= 0.6 is 0 Å². The summed E-state index contributed by atoms with van der Waals surface area (Å²) in [7, 11) is 1.57. The number of carbonyl (C=O) groups is 3. The molecule has 0 aliphatic carbocycles. The molecule has 0 bridgehead atoms. The van der Waals surface area contributed by atoms with Gasteiger partial charge in [0.05, 0.1) is 32.3 Å². The molecule has 35 heavy (non-hydrogen) atoms. The largest absolute Gasteiger partial charge is 0.497 e. The van der Waals surface area contributed by atoms with Crippen LogP contribution in [-0.4, -0.2) is 60.0 Å². The van der Waals surface area contributed by atoms with Gasteiger partial charge in [-0.05, 0) is 44.5 Å². The summed E-state index contributed by atoms with van der Waals surface area (Å²) in [5.74, 6) is -0.978. The Hall–Kier alpha value is -3.55. The van der Waals surface area contributed by atoms with E-state index < -0.39 is 29.4 Å². The number of carbonyl (C=O) groups excluding carboxylic acids is 3. The molecule has 2 amide bonds. The fourth-order valence-electron chi connectivity index (χ4n) is 5.95. The van der Waals surface area contributed by atoms with Gasteiger partial charge in [-0.2, -0.15) is 0 Å². The Bertz CT molecular complexity index is 1180. The molecule has 0 radical (unpaired) electrons. The van der Waals surface area contributed by atoms with Crippen LogP contribution in [0.2, 0.25) is 0 Å². The van der Waals surface area contributed by atoms with Gasteiger partial charge in [-0.1, -0.05) is 29.8 Å². The van der Waals surface area contributed by atoms with Gasteiger partial charge in [-0.15, -0.1) is 0 Å². The maximum Gasteiger partial charge on any atom is 0.312 e. The van der Waals surface area contributed by atoms with Gasteiger partial charge >= 0.3 is 5.97 Å². The van der Waals surface area contributed by atoms with E-state index in [0.29, 0.717) is 18.0 Å². The van der Waals surface area contributed by atoms with Crippen molar-refractivity contribution in [1.29, 1.82) is 0 Å². The van der Waals surface area contributed by atoms with E-state index in [2.05, 4.69) is 0 Å². The average molecular weight is 479 g/mol. The lowest BCUT2D eigenvalue weighted by molar-refractivity contribution is -0.170. The van der Waals surface area contributed by atoms with Crippen molar-refractivity contribution in [1.82, 2.24) is 9.80 Å². The first kappa shape index (κ1) is 23.2. The first-order valence-corrected chi connectivity index (χ1v) is 11.9. The molecule has 0 N–H and O–H groups in total.